The van der Waals surface area contributed by atoms with Crippen molar-refractivity contribution >= 4 is 5.91 Å². The Hall–Kier alpha value is -0.570. The first-order valence-electron chi connectivity index (χ1n) is 4.38. The van der Waals surface area contributed by atoms with Gasteiger partial charge in [0.2, 0.25) is 5.91 Å². The average Bonchev–Trinajstić information content (AvgIpc) is 1.81. The molecule has 1 N–H and O–H groups in total. The topological polar surface area (TPSA) is 38.3 Å². The van der Waals surface area contributed by atoms with Crippen molar-refractivity contribution in [2.45, 2.75) is 32.7 Å². The molecule has 3 nitrogen and oxygen atoms in total. The highest BCUT2D eigenvalue weighted by molar-refractivity contribution is 5.78. The standard InChI is InChI=1S/C9H17NO2/c1-7-4-9(2,3)10-8(11)6-12-5-7/h7H,4-6H2,1-3H3,(H,10,11). The van der Waals surface area contributed by atoms with E-state index in [4.69, 9.17) is 4.74 Å². The minimum absolute atomic E-state index is 0.00750. The SMILES string of the molecule is CC1COCC(=O)NC(C)(C)C1. The van der Waals surface area contributed by atoms with Gasteiger partial charge in [0.05, 0.1) is 0 Å². The molecular weight excluding hydrogens is 154 g/mol. The molecule has 3 heteroatoms. The molecule has 0 aromatic rings. The molecule has 0 bridgehead atoms. The van der Waals surface area contributed by atoms with Gasteiger partial charge in [0, 0.05) is 12.1 Å². The highest BCUT2D eigenvalue weighted by Gasteiger charge is 2.25. The summed E-state index contributed by atoms with van der Waals surface area (Å²) in [6.45, 7) is 7.13. The average molecular weight is 171 g/mol. The van der Waals surface area contributed by atoms with Gasteiger partial charge in [-0.25, -0.2) is 0 Å². The molecule has 1 aliphatic rings. The third-order valence-electron chi connectivity index (χ3n) is 1.97. The third kappa shape index (κ3) is 2.81. The van der Waals surface area contributed by atoms with Crippen LogP contribution in [0.5, 0.6) is 0 Å². The summed E-state index contributed by atoms with van der Waals surface area (Å²) in [5.74, 6) is 0.507. The molecule has 1 fully saturated rings. The number of hydrogen-bond acceptors (Lipinski definition) is 2. The largest absolute Gasteiger partial charge is 0.371 e. The van der Waals surface area contributed by atoms with Crippen LogP contribution < -0.4 is 5.32 Å². The smallest absolute Gasteiger partial charge is 0.246 e. The number of rotatable bonds is 0. The lowest BCUT2D eigenvalue weighted by Gasteiger charge is -2.31. The summed E-state index contributed by atoms with van der Waals surface area (Å²) in [6, 6.07) is 0. The zero-order valence-corrected chi connectivity index (χ0v) is 8.02. The lowest BCUT2D eigenvalue weighted by molar-refractivity contribution is -0.129. The number of carbonyl (C=O) groups is 1. The van der Waals surface area contributed by atoms with Crippen LogP contribution in [0.25, 0.3) is 0 Å². The highest BCUT2D eigenvalue weighted by Crippen LogP contribution is 2.17. The highest BCUT2D eigenvalue weighted by atomic mass is 16.5. The van der Waals surface area contributed by atoms with E-state index in [1.807, 2.05) is 13.8 Å². The molecule has 1 aliphatic heterocycles. The van der Waals surface area contributed by atoms with Gasteiger partial charge < -0.3 is 10.1 Å². The first kappa shape index (κ1) is 9.52. The first-order chi connectivity index (χ1) is 5.49. The fraction of sp³-hybridized carbons (Fsp3) is 0.889. The second-order valence-corrected chi connectivity index (χ2v) is 4.26. The zero-order chi connectivity index (χ0) is 9.19. The fourth-order valence-corrected chi connectivity index (χ4v) is 1.75. The molecule has 1 saturated heterocycles. The molecule has 0 spiro atoms. The van der Waals surface area contributed by atoms with Crippen LogP contribution in [0.15, 0.2) is 0 Å². The van der Waals surface area contributed by atoms with E-state index in [1.165, 1.54) is 0 Å². The Kier molecular flexibility index (Phi) is 2.73. The predicted octanol–water partition coefficient (Wildman–Crippen LogP) is 0.938. The van der Waals surface area contributed by atoms with Crippen molar-refractivity contribution < 1.29 is 9.53 Å². The van der Waals surface area contributed by atoms with Gasteiger partial charge in [0.15, 0.2) is 0 Å². The van der Waals surface area contributed by atoms with E-state index in [-0.39, 0.29) is 18.1 Å². The van der Waals surface area contributed by atoms with E-state index >= 15 is 0 Å². The van der Waals surface area contributed by atoms with Crippen LogP contribution in [0.4, 0.5) is 0 Å². The predicted molar refractivity (Wildman–Crippen MR) is 46.8 cm³/mol. The van der Waals surface area contributed by atoms with Crippen molar-refractivity contribution in [3.05, 3.63) is 0 Å². The van der Waals surface area contributed by atoms with Gasteiger partial charge in [-0.3, -0.25) is 4.79 Å². The molecule has 1 atom stereocenters. The number of nitrogens with one attached hydrogen (secondary N) is 1. The normalized spacial score (nSPS) is 30.2. The second-order valence-electron chi connectivity index (χ2n) is 4.26. The summed E-state index contributed by atoms with van der Waals surface area (Å²) in [5, 5.41) is 2.92. The quantitative estimate of drug-likeness (QED) is 0.589. The molecule has 70 valence electrons. The summed E-state index contributed by atoms with van der Waals surface area (Å²) in [6.07, 6.45) is 0.971. The van der Waals surface area contributed by atoms with Gasteiger partial charge >= 0.3 is 0 Å². The molecule has 12 heavy (non-hydrogen) atoms. The maximum atomic E-state index is 11.1. The summed E-state index contributed by atoms with van der Waals surface area (Å²) in [7, 11) is 0. The second kappa shape index (κ2) is 3.44. The molecule has 0 saturated carbocycles. The Balaban J connectivity index is 2.57. The van der Waals surface area contributed by atoms with Gasteiger partial charge in [-0.05, 0) is 26.2 Å². The van der Waals surface area contributed by atoms with Crippen molar-refractivity contribution in [2.75, 3.05) is 13.2 Å². The van der Waals surface area contributed by atoms with Gasteiger partial charge in [0.25, 0.3) is 0 Å². The van der Waals surface area contributed by atoms with Crippen molar-refractivity contribution in [1.29, 1.82) is 0 Å². The number of carbonyl (C=O) groups excluding carboxylic acids is 1. The lowest BCUT2D eigenvalue weighted by Crippen LogP contribution is -2.48. The Labute approximate surface area is 73.5 Å². The van der Waals surface area contributed by atoms with Crippen LogP contribution in [0.2, 0.25) is 0 Å². The van der Waals surface area contributed by atoms with E-state index in [0.29, 0.717) is 12.5 Å². The van der Waals surface area contributed by atoms with Crippen LogP contribution in [-0.4, -0.2) is 24.7 Å². The number of ether oxygens (including phenoxy) is 1. The van der Waals surface area contributed by atoms with E-state index in [9.17, 15) is 4.79 Å². The first-order valence-corrected chi connectivity index (χ1v) is 4.38. The molecule has 1 unspecified atom stereocenters. The Morgan fingerprint density at radius 3 is 2.92 bits per heavy atom. The molecule has 0 radical (unpaired) electrons. The third-order valence-corrected chi connectivity index (χ3v) is 1.97. The summed E-state index contributed by atoms with van der Waals surface area (Å²) in [4.78, 5) is 11.1. The molecule has 1 rings (SSSR count). The van der Waals surface area contributed by atoms with Crippen molar-refractivity contribution in [2.24, 2.45) is 5.92 Å². The van der Waals surface area contributed by atoms with Gasteiger partial charge in [-0.2, -0.15) is 0 Å². The maximum absolute atomic E-state index is 11.1. The summed E-state index contributed by atoms with van der Waals surface area (Å²) < 4.78 is 5.18. The number of amides is 1. The monoisotopic (exact) mass is 171 g/mol. The maximum Gasteiger partial charge on any atom is 0.246 e. The zero-order valence-electron chi connectivity index (χ0n) is 8.02. The Bertz CT molecular complexity index is 177. The van der Waals surface area contributed by atoms with Gasteiger partial charge in [-0.1, -0.05) is 6.92 Å². The Morgan fingerprint density at radius 2 is 2.25 bits per heavy atom. The van der Waals surface area contributed by atoms with Crippen molar-refractivity contribution in [3.63, 3.8) is 0 Å². The van der Waals surface area contributed by atoms with Crippen LogP contribution in [-0.2, 0) is 9.53 Å². The summed E-state index contributed by atoms with van der Waals surface area (Å²) in [5.41, 5.74) is -0.0831. The molecular formula is C9H17NO2. The van der Waals surface area contributed by atoms with E-state index < -0.39 is 0 Å². The minimum Gasteiger partial charge on any atom is -0.371 e. The Morgan fingerprint density at radius 1 is 1.58 bits per heavy atom. The van der Waals surface area contributed by atoms with Crippen LogP contribution in [0.3, 0.4) is 0 Å². The van der Waals surface area contributed by atoms with Crippen LogP contribution in [0.1, 0.15) is 27.2 Å². The van der Waals surface area contributed by atoms with Gasteiger partial charge in [-0.15, -0.1) is 0 Å². The molecule has 0 aromatic heterocycles. The molecule has 1 amide bonds. The van der Waals surface area contributed by atoms with Crippen LogP contribution in [0, 0.1) is 5.92 Å². The van der Waals surface area contributed by atoms with E-state index in [0.717, 1.165) is 6.42 Å². The summed E-state index contributed by atoms with van der Waals surface area (Å²) >= 11 is 0. The minimum atomic E-state index is -0.0831. The van der Waals surface area contributed by atoms with E-state index in [1.54, 1.807) is 0 Å². The molecule has 1 heterocycles. The lowest BCUT2D eigenvalue weighted by atomic mass is 9.91. The van der Waals surface area contributed by atoms with Crippen molar-refractivity contribution in [1.82, 2.24) is 5.32 Å². The van der Waals surface area contributed by atoms with Crippen molar-refractivity contribution in [3.8, 4) is 0 Å². The van der Waals surface area contributed by atoms with E-state index in [2.05, 4.69) is 12.2 Å². The number of hydrogen-bond donors (Lipinski definition) is 1. The fourth-order valence-electron chi connectivity index (χ4n) is 1.75. The molecule has 0 aromatic carbocycles. The molecule has 0 aliphatic carbocycles. The van der Waals surface area contributed by atoms with Crippen LogP contribution >= 0.6 is 0 Å². The van der Waals surface area contributed by atoms with Gasteiger partial charge in [0.1, 0.15) is 6.61 Å².